The van der Waals surface area contributed by atoms with Crippen molar-refractivity contribution in [3.05, 3.63) is 185 Å². The highest BCUT2D eigenvalue weighted by atomic mass is 15.1. The average molecular weight is 586 g/mol. The first-order chi connectivity index (χ1) is 22.8. The average Bonchev–Trinajstić information content (AvgIpc) is 3.55. The zero-order chi connectivity index (χ0) is 30.2. The van der Waals surface area contributed by atoms with Gasteiger partial charge in [0.15, 0.2) is 0 Å². The third-order valence-electron chi connectivity index (χ3n) is 10.00. The SMILES string of the molecule is C1=Cc2ccccc2C2(c3ccccc31)c1ccccc1-c1ccc(-c3ccc4c(c3)c3ccncc3n4-c3ccccn3)cc12. The van der Waals surface area contributed by atoms with Crippen molar-refractivity contribution in [2.45, 2.75) is 5.41 Å². The summed E-state index contributed by atoms with van der Waals surface area (Å²) in [5.41, 5.74) is 14.5. The second-order valence-electron chi connectivity index (χ2n) is 12.2. The van der Waals surface area contributed by atoms with Crippen molar-refractivity contribution in [2.24, 2.45) is 0 Å². The van der Waals surface area contributed by atoms with Crippen LogP contribution in [0.1, 0.15) is 33.4 Å². The van der Waals surface area contributed by atoms with Crippen molar-refractivity contribution >= 4 is 34.0 Å². The van der Waals surface area contributed by atoms with Crippen LogP contribution in [0.25, 0.3) is 62.0 Å². The highest BCUT2D eigenvalue weighted by Gasteiger charge is 2.48. The van der Waals surface area contributed by atoms with Crippen molar-refractivity contribution < 1.29 is 0 Å². The van der Waals surface area contributed by atoms with Gasteiger partial charge in [-0.2, -0.15) is 0 Å². The van der Waals surface area contributed by atoms with Crippen molar-refractivity contribution in [3.63, 3.8) is 0 Å². The molecular weight excluding hydrogens is 558 g/mol. The fraction of sp³-hybridized carbons (Fsp3) is 0.0233. The molecule has 2 aliphatic rings. The maximum atomic E-state index is 4.68. The van der Waals surface area contributed by atoms with Crippen LogP contribution in [0.15, 0.2) is 152 Å². The molecule has 0 fully saturated rings. The lowest BCUT2D eigenvalue weighted by molar-refractivity contribution is 0.766. The summed E-state index contributed by atoms with van der Waals surface area (Å²) in [6.07, 6.45) is 10.2. The first kappa shape index (κ1) is 25.3. The fourth-order valence-corrected chi connectivity index (χ4v) is 8.11. The molecule has 0 radical (unpaired) electrons. The molecule has 3 heteroatoms. The van der Waals surface area contributed by atoms with E-state index in [-0.39, 0.29) is 0 Å². The Morgan fingerprint density at radius 3 is 1.93 bits per heavy atom. The van der Waals surface area contributed by atoms with Crippen LogP contribution in [0.5, 0.6) is 0 Å². The highest BCUT2D eigenvalue weighted by molar-refractivity contribution is 6.10. The topological polar surface area (TPSA) is 30.7 Å². The van der Waals surface area contributed by atoms with Gasteiger partial charge in [-0.05, 0) is 92.0 Å². The molecule has 3 nitrogen and oxygen atoms in total. The van der Waals surface area contributed by atoms with Gasteiger partial charge in [0.25, 0.3) is 0 Å². The van der Waals surface area contributed by atoms with E-state index in [0.29, 0.717) is 0 Å². The van der Waals surface area contributed by atoms with Crippen LogP contribution in [0.4, 0.5) is 0 Å². The number of nitrogens with zero attached hydrogens (tertiary/aromatic N) is 3. The molecule has 0 N–H and O–H groups in total. The lowest BCUT2D eigenvalue weighted by atomic mass is 9.66. The Morgan fingerprint density at radius 1 is 0.478 bits per heavy atom. The Balaban J connectivity index is 1.25. The molecule has 0 unspecified atom stereocenters. The summed E-state index contributed by atoms with van der Waals surface area (Å²) in [5, 5.41) is 2.36. The molecule has 0 aliphatic heterocycles. The van der Waals surface area contributed by atoms with E-state index in [1.165, 1.54) is 66.4 Å². The first-order valence-corrected chi connectivity index (χ1v) is 15.7. The van der Waals surface area contributed by atoms with E-state index >= 15 is 0 Å². The minimum Gasteiger partial charge on any atom is -0.292 e. The summed E-state index contributed by atoms with van der Waals surface area (Å²) < 4.78 is 2.21. The van der Waals surface area contributed by atoms with Gasteiger partial charge in [0.05, 0.1) is 22.6 Å². The first-order valence-electron chi connectivity index (χ1n) is 15.7. The number of hydrogen-bond acceptors (Lipinski definition) is 2. The van der Waals surface area contributed by atoms with Gasteiger partial charge in [-0.1, -0.05) is 109 Å². The van der Waals surface area contributed by atoms with Gasteiger partial charge in [-0.3, -0.25) is 9.55 Å². The van der Waals surface area contributed by atoms with Crippen LogP contribution < -0.4 is 0 Å². The van der Waals surface area contributed by atoms with Crippen LogP contribution >= 0.6 is 0 Å². The van der Waals surface area contributed by atoms with Crippen molar-refractivity contribution in [1.82, 2.24) is 14.5 Å². The summed E-state index contributed by atoms with van der Waals surface area (Å²) >= 11 is 0. The van der Waals surface area contributed by atoms with Gasteiger partial charge >= 0.3 is 0 Å². The highest BCUT2D eigenvalue weighted by Crippen LogP contribution is 2.59. The zero-order valence-corrected chi connectivity index (χ0v) is 24.9. The third kappa shape index (κ3) is 3.32. The Morgan fingerprint density at radius 2 is 1.15 bits per heavy atom. The Kier molecular flexibility index (Phi) is 5.20. The number of fused-ring (bicyclic) bond motifs is 12. The Bertz CT molecular complexity index is 2490. The minimum atomic E-state index is -0.441. The van der Waals surface area contributed by atoms with E-state index in [1.807, 2.05) is 30.7 Å². The number of rotatable bonds is 2. The van der Waals surface area contributed by atoms with E-state index < -0.39 is 5.41 Å². The molecule has 8 aromatic rings. The van der Waals surface area contributed by atoms with Gasteiger partial charge in [0.1, 0.15) is 5.82 Å². The van der Waals surface area contributed by atoms with Gasteiger partial charge in [0, 0.05) is 23.2 Å². The second-order valence-corrected chi connectivity index (χ2v) is 12.2. The van der Waals surface area contributed by atoms with Crippen molar-refractivity contribution in [1.29, 1.82) is 0 Å². The van der Waals surface area contributed by atoms with Crippen molar-refractivity contribution in [2.75, 3.05) is 0 Å². The lowest BCUT2D eigenvalue weighted by Crippen LogP contribution is -2.29. The molecule has 46 heavy (non-hydrogen) atoms. The third-order valence-corrected chi connectivity index (χ3v) is 10.00. The molecule has 214 valence electrons. The normalized spacial score (nSPS) is 13.7. The Hall–Kier alpha value is -6.06. The fourth-order valence-electron chi connectivity index (χ4n) is 8.11. The maximum Gasteiger partial charge on any atom is 0.137 e. The van der Waals surface area contributed by atoms with Crippen LogP contribution in [-0.4, -0.2) is 14.5 Å². The summed E-state index contributed by atoms with van der Waals surface area (Å²) in [6.45, 7) is 0. The quantitative estimate of drug-likeness (QED) is 0.202. The number of pyridine rings is 2. The Labute approximate surface area is 266 Å². The van der Waals surface area contributed by atoms with E-state index in [2.05, 4.69) is 148 Å². The largest absolute Gasteiger partial charge is 0.292 e. The van der Waals surface area contributed by atoms with E-state index in [4.69, 9.17) is 0 Å². The molecular formula is C43H27N3. The standard InChI is InChI=1S/C43H27N3/c1-4-12-36-28(9-1)16-17-29-10-2-5-13-37(29)43(36)38-14-6-3-11-32(38)33-20-18-31(26-39(33)43)30-19-21-40-35(25-30)34-22-24-44-27-41(34)46(40)42-15-7-8-23-45-42/h1-27H. The molecule has 3 aromatic heterocycles. The van der Waals surface area contributed by atoms with Crippen LogP contribution in [0, 0.1) is 0 Å². The molecule has 0 amide bonds. The van der Waals surface area contributed by atoms with E-state index in [1.54, 1.807) is 0 Å². The number of aromatic nitrogens is 3. The van der Waals surface area contributed by atoms with E-state index in [9.17, 15) is 0 Å². The summed E-state index contributed by atoms with van der Waals surface area (Å²) in [4.78, 5) is 9.16. The predicted molar refractivity (Wildman–Crippen MR) is 188 cm³/mol. The lowest BCUT2D eigenvalue weighted by Gasteiger charge is -2.35. The molecule has 0 bridgehead atoms. The van der Waals surface area contributed by atoms with Crippen LogP contribution in [-0.2, 0) is 5.41 Å². The monoisotopic (exact) mass is 585 g/mol. The van der Waals surface area contributed by atoms with Gasteiger partial charge in [-0.15, -0.1) is 0 Å². The summed E-state index contributed by atoms with van der Waals surface area (Å²) in [5.74, 6) is 0.889. The molecule has 0 atom stereocenters. The number of hydrogen-bond donors (Lipinski definition) is 0. The molecule has 1 spiro atoms. The maximum absolute atomic E-state index is 4.68. The van der Waals surface area contributed by atoms with E-state index in [0.717, 1.165) is 16.9 Å². The van der Waals surface area contributed by atoms with Gasteiger partial charge < -0.3 is 0 Å². The van der Waals surface area contributed by atoms with Crippen LogP contribution in [0.2, 0.25) is 0 Å². The summed E-state index contributed by atoms with van der Waals surface area (Å²) in [6, 6.07) is 48.9. The molecule has 3 heterocycles. The van der Waals surface area contributed by atoms with Gasteiger partial charge in [-0.25, -0.2) is 4.98 Å². The molecule has 5 aromatic carbocycles. The molecule has 2 aliphatic carbocycles. The smallest absolute Gasteiger partial charge is 0.137 e. The van der Waals surface area contributed by atoms with Gasteiger partial charge in [0.2, 0.25) is 0 Å². The minimum absolute atomic E-state index is 0.441. The predicted octanol–water partition coefficient (Wildman–Crippen LogP) is 10.1. The summed E-state index contributed by atoms with van der Waals surface area (Å²) in [7, 11) is 0. The molecule has 0 saturated carbocycles. The molecule has 10 rings (SSSR count). The number of benzene rings is 5. The van der Waals surface area contributed by atoms with Crippen LogP contribution in [0.3, 0.4) is 0 Å². The molecule has 0 saturated heterocycles. The van der Waals surface area contributed by atoms with Crippen molar-refractivity contribution in [3.8, 4) is 28.1 Å². The second kappa shape index (κ2) is 9.47. The zero-order valence-electron chi connectivity index (χ0n) is 24.9.